The summed E-state index contributed by atoms with van der Waals surface area (Å²) in [7, 11) is 1.75. The summed E-state index contributed by atoms with van der Waals surface area (Å²) in [6.07, 6.45) is 0.502. The number of urea groups is 1. The maximum absolute atomic E-state index is 12.4. The van der Waals surface area contributed by atoms with Crippen molar-refractivity contribution in [3.05, 3.63) is 65.7 Å². The molecular weight excluding hydrogens is 276 g/mol. The van der Waals surface area contributed by atoms with Gasteiger partial charge in [-0.15, -0.1) is 0 Å². The van der Waals surface area contributed by atoms with Crippen LogP contribution in [-0.4, -0.2) is 29.7 Å². The number of hydrogen-bond acceptors (Lipinski definition) is 2. The monoisotopic (exact) mass is 298 g/mol. The summed E-state index contributed by atoms with van der Waals surface area (Å²) in [6, 6.07) is 17.1. The number of rotatable bonds is 5. The first-order chi connectivity index (χ1) is 10.6. The van der Waals surface area contributed by atoms with Crippen LogP contribution in [0.15, 0.2) is 54.6 Å². The lowest BCUT2D eigenvalue weighted by Crippen LogP contribution is -2.35. The number of amides is 2. The van der Waals surface area contributed by atoms with Crippen molar-refractivity contribution in [1.29, 1.82) is 0 Å². The summed E-state index contributed by atoms with van der Waals surface area (Å²) in [5, 5.41) is 12.2. The van der Waals surface area contributed by atoms with Crippen LogP contribution in [-0.2, 0) is 0 Å². The van der Waals surface area contributed by atoms with Gasteiger partial charge in [0.25, 0.3) is 0 Å². The first kappa shape index (κ1) is 16.0. The molecule has 0 bridgehead atoms. The average Bonchev–Trinajstić information content (AvgIpc) is 2.55. The van der Waals surface area contributed by atoms with Crippen molar-refractivity contribution in [2.75, 3.05) is 19.0 Å². The molecule has 0 fully saturated rings. The van der Waals surface area contributed by atoms with Crippen LogP contribution in [0.25, 0.3) is 0 Å². The highest BCUT2D eigenvalue weighted by molar-refractivity contribution is 5.89. The van der Waals surface area contributed by atoms with Gasteiger partial charge in [-0.2, -0.15) is 0 Å². The quantitative estimate of drug-likeness (QED) is 0.886. The van der Waals surface area contributed by atoms with Crippen molar-refractivity contribution in [1.82, 2.24) is 4.90 Å². The molecule has 0 spiro atoms. The largest absolute Gasteiger partial charge is 0.396 e. The van der Waals surface area contributed by atoms with E-state index in [0.29, 0.717) is 6.42 Å². The third-order valence-electron chi connectivity index (χ3n) is 3.68. The first-order valence-corrected chi connectivity index (χ1v) is 7.38. The third-order valence-corrected chi connectivity index (χ3v) is 3.68. The van der Waals surface area contributed by atoms with E-state index in [-0.39, 0.29) is 18.7 Å². The van der Waals surface area contributed by atoms with Crippen molar-refractivity contribution in [3.63, 3.8) is 0 Å². The second-order valence-electron chi connectivity index (χ2n) is 5.35. The van der Waals surface area contributed by atoms with Crippen LogP contribution in [0.5, 0.6) is 0 Å². The standard InChI is InChI=1S/C18H22N2O2/c1-14-8-10-16(11-9-14)19-18(22)20(2)17(12-13-21)15-6-4-3-5-7-15/h3-11,17,21H,12-13H2,1-2H3,(H,19,22)/t17-/m0/s1. The van der Waals surface area contributed by atoms with Crippen molar-refractivity contribution in [2.45, 2.75) is 19.4 Å². The maximum atomic E-state index is 12.4. The smallest absolute Gasteiger partial charge is 0.322 e. The van der Waals surface area contributed by atoms with Gasteiger partial charge < -0.3 is 15.3 Å². The lowest BCUT2D eigenvalue weighted by atomic mass is 10.0. The predicted molar refractivity (Wildman–Crippen MR) is 88.8 cm³/mol. The Morgan fingerprint density at radius 1 is 1.14 bits per heavy atom. The van der Waals surface area contributed by atoms with Gasteiger partial charge in [0.2, 0.25) is 0 Å². The summed E-state index contributed by atoms with van der Waals surface area (Å²) >= 11 is 0. The second kappa shape index (κ2) is 7.61. The number of benzene rings is 2. The highest BCUT2D eigenvalue weighted by Crippen LogP contribution is 2.23. The Kier molecular flexibility index (Phi) is 5.55. The van der Waals surface area contributed by atoms with Crippen molar-refractivity contribution < 1.29 is 9.90 Å². The summed E-state index contributed by atoms with van der Waals surface area (Å²) in [4.78, 5) is 14.1. The molecule has 22 heavy (non-hydrogen) atoms. The molecule has 116 valence electrons. The third kappa shape index (κ3) is 4.09. The van der Waals surface area contributed by atoms with E-state index in [4.69, 9.17) is 0 Å². The molecule has 2 rings (SSSR count). The molecule has 0 saturated heterocycles. The zero-order valence-electron chi connectivity index (χ0n) is 13.0. The molecule has 1 atom stereocenters. The minimum atomic E-state index is -0.189. The Labute approximate surface area is 131 Å². The van der Waals surface area contributed by atoms with Crippen LogP contribution in [0.3, 0.4) is 0 Å². The van der Waals surface area contributed by atoms with Gasteiger partial charge in [0.05, 0.1) is 6.04 Å². The lowest BCUT2D eigenvalue weighted by Gasteiger charge is -2.28. The Hall–Kier alpha value is -2.33. The van der Waals surface area contributed by atoms with Gasteiger partial charge in [0.15, 0.2) is 0 Å². The van der Waals surface area contributed by atoms with E-state index in [1.165, 1.54) is 0 Å². The molecule has 0 aliphatic carbocycles. The summed E-state index contributed by atoms with van der Waals surface area (Å²) in [6.45, 7) is 2.03. The summed E-state index contributed by atoms with van der Waals surface area (Å²) in [5.74, 6) is 0. The Bertz CT molecular complexity index is 596. The van der Waals surface area contributed by atoms with Crippen molar-refractivity contribution in [3.8, 4) is 0 Å². The fourth-order valence-corrected chi connectivity index (χ4v) is 2.37. The molecule has 0 heterocycles. The van der Waals surface area contributed by atoms with Crippen molar-refractivity contribution in [2.24, 2.45) is 0 Å². The van der Waals surface area contributed by atoms with Gasteiger partial charge in [-0.1, -0.05) is 48.0 Å². The highest BCUT2D eigenvalue weighted by Gasteiger charge is 2.21. The number of carbonyl (C=O) groups excluding carboxylic acids is 1. The van der Waals surface area contributed by atoms with Crippen LogP contribution in [0.2, 0.25) is 0 Å². The minimum absolute atomic E-state index is 0.0295. The Morgan fingerprint density at radius 3 is 2.36 bits per heavy atom. The normalized spacial score (nSPS) is 11.8. The van der Waals surface area contributed by atoms with Gasteiger partial charge in [0, 0.05) is 19.3 Å². The van der Waals surface area contributed by atoms with Gasteiger partial charge >= 0.3 is 6.03 Å². The molecule has 2 aromatic carbocycles. The van der Waals surface area contributed by atoms with Crippen LogP contribution >= 0.6 is 0 Å². The molecule has 0 saturated carbocycles. The predicted octanol–water partition coefficient (Wildman–Crippen LogP) is 3.58. The molecule has 2 amide bonds. The zero-order valence-corrected chi connectivity index (χ0v) is 13.0. The first-order valence-electron chi connectivity index (χ1n) is 7.38. The van der Waals surface area contributed by atoms with E-state index >= 15 is 0 Å². The molecule has 2 N–H and O–H groups in total. The number of carbonyl (C=O) groups is 1. The van der Waals surface area contributed by atoms with Gasteiger partial charge in [-0.3, -0.25) is 0 Å². The fraction of sp³-hybridized carbons (Fsp3) is 0.278. The van der Waals surface area contributed by atoms with E-state index in [1.807, 2.05) is 61.5 Å². The molecule has 4 nitrogen and oxygen atoms in total. The number of nitrogens with zero attached hydrogens (tertiary/aromatic N) is 1. The molecule has 0 aromatic heterocycles. The molecule has 4 heteroatoms. The topological polar surface area (TPSA) is 52.6 Å². The average molecular weight is 298 g/mol. The number of aryl methyl sites for hydroxylation is 1. The molecule has 0 aliphatic rings. The van der Waals surface area contributed by atoms with Crippen molar-refractivity contribution >= 4 is 11.7 Å². The molecule has 0 aliphatic heterocycles. The molecule has 2 aromatic rings. The number of hydrogen-bond donors (Lipinski definition) is 2. The van der Waals surface area contributed by atoms with Gasteiger partial charge in [-0.05, 0) is 31.0 Å². The van der Waals surface area contributed by atoms with Crippen LogP contribution < -0.4 is 5.32 Å². The number of aliphatic hydroxyl groups is 1. The maximum Gasteiger partial charge on any atom is 0.322 e. The SMILES string of the molecule is Cc1ccc(NC(=O)N(C)[C@@H](CCO)c2ccccc2)cc1. The van der Waals surface area contributed by atoms with Crippen LogP contribution in [0, 0.1) is 6.92 Å². The molecule has 0 radical (unpaired) electrons. The van der Waals surface area contributed by atoms with Crippen LogP contribution in [0.4, 0.5) is 10.5 Å². The van der Waals surface area contributed by atoms with E-state index in [0.717, 1.165) is 16.8 Å². The Morgan fingerprint density at radius 2 is 1.77 bits per heavy atom. The zero-order chi connectivity index (χ0) is 15.9. The number of nitrogens with one attached hydrogen (secondary N) is 1. The fourth-order valence-electron chi connectivity index (χ4n) is 2.37. The highest BCUT2D eigenvalue weighted by atomic mass is 16.3. The van der Waals surface area contributed by atoms with E-state index in [2.05, 4.69) is 5.32 Å². The Balaban J connectivity index is 2.10. The van der Waals surface area contributed by atoms with Gasteiger partial charge in [-0.25, -0.2) is 4.79 Å². The summed E-state index contributed by atoms with van der Waals surface area (Å²) < 4.78 is 0. The number of aliphatic hydroxyl groups excluding tert-OH is 1. The molecule has 0 unspecified atom stereocenters. The lowest BCUT2D eigenvalue weighted by molar-refractivity contribution is 0.184. The van der Waals surface area contributed by atoms with E-state index in [9.17, 15) is 9.90 Å². The van der Waals surface area contributed by atoms with Crippen LogP contribution in [0.1, 0.15) is 23.6 Å². The molecular formula is C18H22N2O2. The summed E-state index contributed by atoms with van der Waals surface area (Å²) in [5.41, 5.74) is 2.92. The number of anilines is 1. The van der Waals surface area contributed by atoms with Gasteiger partial charge in [0.1, 0.15) is 0 Å². The van der Waals surface area contributed by atoms with E-state index in [1.54, 1.807) is 11.9 Å². The minimum Gasteiger partial charge on any atom is -0.396 e. The second-order valence-corrected chi connectivity index (χ2v) is 5.35. The van der Waals surface area contributed by atoms with E-state index < -0.39 is 0 Å².